The minimum absolute atomic E-state index is 0.246. The molecular weight excluding hydrogens is 142 g/mol. The fourth-order valence-corrected chi connectivity index (χ4v) is 0.774. The standard InChI is InChI=1S/C7H17N3O/c1-10(5-2-4-8)6-3-7(9)11/h2-6,8H2,1H3,(H2,9,11). The highest BCUT2D eigenvalue weighted by Crippen LogP contribution is 1.87. The zero-order chi connectivity index (χ0) is 8.69. The average molecular weight is 159 g/mol. The second-order valence-corrected chi connectivity index (χ2v) is 2.66. The van der Waals surface area contributed by atoms with Crippen molar-refractivity contribution in [3.8, 4) is 0 Å². The number of nitrogens with zero attached hydrogens (tertiary/aromatic N) is 1. The minimum Gasteiger partial charge on any atom is -0.370 e. The number of carbonyl (C=O) groups excluding carboxylic acids is 1. The highest BCUT2D eigenvalue weighted by molar-refractivity contribution is 5.73. The van der Waals surface area contributed by atoms with Crippen LogP contribution in [0.3, 0.4) is 0 Å². The van der Waals surface area contributed by atoms with E-state index in [1.54, 1.807) is 0 Å². The molecule has 0 unspecified atom stereocenters. The third-order valence-corrected chi connectivity index (χ3v) is 1.48. The summed E-state index contributed by atoms with van der Waals surface area (Å²) in [6, 6.07) is 0. The van der Waals surface area contributed by atoms with Gasteiger partial charge >= 0.3 is 0 Å². The number of hydrogen-bond donors (Lipinski definition) is 2. The predicted octanol–water partition coefficient (Wildman–Crippen LogP) is -0.858. The quantitative estimate of drug-likeness (QED) is 0.530. The van der Waals surface area contributed by atoms with Crippen LogP contribution in [0.25, 0.3) is 0 Å². The van der Waals surface area contributed by atoms with E-state index in [1.807, 2.05) is 7.05 Å². The molecule has 0 aliphatic heterocycles. The molecule has 4 nitrogen and oxygen atoms in total. The van der Waals surface area contributed by atoms with E-state index in [1.165, 1.54) is 0 Å². The summed E-state index contributed by atoms with van der Waals surface area (Å²) in [5, 5.41) is 0. The Morgan fingerprint density at radius 1 is 1.45 bits per heavy atom. The molecule has 4 N–H and O–H groups in total. The highest BCUT2D eigenvalue weighted by atomic mass is 16.1. The van der Waals surface area contributed by atoms with Crippen molar-refractivity contribution in [1.82, 2.24) is 4.90 Å². The average Bonchev–Trinajstić information content (AvgIpc) is 1.97. The van der Waals surface area contributed by atoms with Gasteiger partial charge in [0, 0.05) is 13.0 Å². The van der Waals surface area contributed by atoms with Crippen molar-refractivity contribution in [2.45, 2.75) is 12.8 Å². The van der Waals surface area contributed by atoms with Crippen molar-refractivity contribution in [3.05, 3.63) is 0 Å². The van der Waals surface area contributed by atoms with Gasteiger partial charge in [0.25, 0.3) is 0 Å². The van der Waals surface area contributed by atoms with Gasteiger partial charge in [-0.25, -0.2) is 0 Å². The van der Waals surface area contributed by atoms with Crippen molar-refractivity contribution in [1.29, 1.82) is 0 Å². The van der Waals surface area contributed by atoms with E-state index in [9.17, 15) is 4.79 Å². The van der Waals surface area contributed by atoms with Gasteiger partial charge in [0.2, 0.25) is 5.91 Å². The van der Waals surface area contributed by atoms with Crippen LogP contribution >= 0.6 is 0 Å². The molecule has 0 aromatic carbocycles. The summed E-state index contributed by atoms with van der Waals surface area (Å²) in [6.45, 7) is 2.36. The van der Waals surface area contributed by atoms with Crippen LogP contribution in [0.1, 0.15) is 12.8 Å². The van der Waals surface area contributed by atoms with E-state index < -0.39 is 0 Å². The smallest absolute Gasteiger partial charge is 0.218 e. The van der Waals surface area contributed by atoms with Gasteiger partial charge in [0.1, 0.15) is 0 Å². The number of carbonyl (C=O) groups is 1. The molecule has 0 spiro atoms. The summed E-state index contributed by atoms with van der Waals surface area (Å²) in [7, 11) is 1.96. The maximum Gasteiger partial charge on any atom is 0.218 e. The van der Waals surface area contributed by atoms with Crippen LogP contribution in [0, 0.1) is 0 Å². The lowest BCUT2D eigenvalue weighted by atomic mass is 10.3. The summed E-state index contributed by atoms with van der Waals surface area (Å²) in [6.07, 6.45) is 1.40. The molecule has 0 saturated carbocycles. The van der Waals surface area contributed by atoms with Gasteiger partial charge in [-0.2, -0.15) is 0 Å². The number of hydrogen-bond acceptors (Lipinski definition) is 3. The van der Waals surface area contributed by atoms with Crippen LogP contribution in [-0.4, -0.2) is 37.5 Å². The summed E-state index contributed by atoms with van der Waals surface area (Å²) >= 11 is 0. The molecule has 0 atom stereocenters. The van der Waals surface area contributed by atoms with Crippen molar-refractivity contribution < 1.29 is 4.79 Å². The molecule has 0 aromatic rings. The maximum absolute atomic E-state index is 10.3. The molecule has 0 saturated heterocycles. The third kappa shape index (κ3) is 7.29. The predicted molar refractivity (Wildman–Crippen MR) is 45.0 cm³/mol. The summed E-state index contributed by atoms with van der Waals surface area (Å²) in [5.74, 6) is -0.246. The largest absolute Gasteiger partial charge is 0.370 e. The van der Waals surface area contributed by atoms with Crippen molar-refractivity contribution in [2.75, 3.05) is 26.7 Å². The van der Waals surface area contributed by atoms with Crippen LogP contribution in [-0.2, 0) is 4.79 Å². The van der Waals surface area contributed by atoms with Gasteiger partial charge in [0.15, 0.2) is 0 Å². The molecule has 0 aliphatic rings. The van der Waals surface area contributed by atoms with E-state index in [0.29, 0.717) is 13.0 Å². The van der Waals surface area contributed by atoms with Gasteiger partial charge < -0.3 is 16.4 Å². The SMILES string of the molecule is CN(CCCN)CCC(N)=O. The Hall–Kier alpha value is -0.610. The first-order chi connectivity index (χ1) is 5.16. The molecular formula is C7H17N3O. The molecule has 0 heterocycles. The molecule has 1 amide bonds. The Kier molecular flexibility index (Phi) is 5.78. The van der Waals surface area contributed by atoms with Crippen LogP contribution in [0.4, 0.5) is 0 Å². The second-order valence-electron chi connectivity index (χ2n) is 2.66. The van der Waals surface area contributed by atoms with E-state index in [4.69, 9.17) is 11.5 Å². The Bertz CT molecular complexity index is 116. The molecule has 0 fully saturated rings. The van der Waals surface area contributed by atoms with Crippen molar-refractivity contribution in [3.63, 3.8) is 0 Å². The molecule has 66 valence electrons. The second kappa shape index (κ2) is 6.12. The van der Waals surface area contributed by atoms with Gasteiger partial charge in [-0.15, -0.1) is 0 Å². The number of primary amides is 1. The fourth-order valence-electron chi connectivity index (χ4n) is 0.774. The Balaban J connectivity index is 3.22. The first kappa shape index (κ1) is 10.4. The fraction of sp³-hybridized carbons (Fsp3) is 0.857. The molecule has 4 heteroatoms. The third-order valence-electron chi connectivity index (χ3n) is 1.48. The van der Waals surface area contributed by atoms with Crippen LogP contribution in [0.5, 0.6) is 0 Å². The van der Waals surface area contributed by atoms with E-state index in [-0.39, 0.29) is 5.91 Å². The number of nitrogens with two attached hydrogens (primary N) is 2. The lowest BCUT2D eigenvalue weighted by molar-refractivity contribution is -0.118. The Morgan fingerprint density at radius 2 is 2.09 bits per heavy atom. The Labute approximate surface area is 67.5 Å². The van der Waals surface area contributed by atoms with Gasteiger partial charge in [-0.05, 0) is 26.6 Å². The lowest BCUT2D eigenvalue weighted by Crippen LogP contribution is -2.26. The van der Waals surface area contributed by atoms with Crippen molar-refractivity contribution in [2.24, 2.45) is 11.5 Å². The molecule has 0 aromatic heterocycles. The highest BCUT2D eigenvalue weighted by Gasteiger charge is 1.99. The van der Waals surface area contributed by atoms with E-state index in [2.05, 4.69) is 4.90 Å². The molecule has 0 rings (SSSR count). The van der Waals surface area contributed by atoms with Gasteiger partial charge in [0.05, 0.1) is 0 Å². The number of amides is 1. The van der Waals surface area contributed by atoms with Crippen LogP contribution in [0.2, 0.25) is 0 Å². The minimum atomic E-state index is -0.246. The normalized spacial score (nSPS) is 10.5. The van der Waals surface area contributed by atoms with Crippen LogP contribution < -0.4 is 11.5 Å². The number of rotatable bonds is 6. The van der Waals surface area contributed by atoms with E-state index in [0.717, 1.165) is 19.5 Å². The summed E-state index contributed by atoms with van der Waals surface area (Å²) in [5.41, 5.74) is 10.3. The summed E-state index contributed by atoms with van der Waals surface area (Å²) < 4.78 is 0. The molecule has 0 aliphatic carbocycles. The zero-order valence-corrected chi connectivity index (χ0v) is 7.05. The van der Waals surface area contributed by atoms with Crippen molar-refractivity contribution >= 4 is 5.91 Å². The first-order valence-corrected chi connectivity index (χ1v) is 3.83. The maximum atomic E-state index is 10.3. The lowest BCUT2D eigenvalue weighted by Gasteiger charge is -2.14. The zero-order valence-electron chi connectivity index (χ0n) is 7.05. The molecule has 0 radical (unpaired) electrons. The topological polar surface area (TPSA) is 72.3 Å². The Morgan fingerprint density at radius 3 is 2.55 bits per heavy atom. The molecule has 11 heavy (non-hydrogen) atoms. The first-order valence-electron chi connectivity index (χ1n) is 3.83. The van der Waals surface area contributed by atoms with Crippen LogP contribution in [0.15, 0.2) is 0 Å². The molecule has 0 bridgehead atoms. The van der Waals surface area contributed by atoms with E-state index >= 15 is 0 Å². The monoisotopic (exact) mass is 159 g/mol. The van der Waals surface area contributed by atoms with Gasteiger partial charge in [-0.3, -0.25) is 4.79 Å². The summed E-state index contributed by atoms with van der Waals surface area (Å²) in [4.78, 5) is 12.4. The van der Waals surface area contributed by atoms with Gasteiger partial charge in [-0.1, -0.05) is 0 Å².